The van der Waals surface area contributed by atoms with Crippen LogP contribution in [-0.2, 0) is 4.79 Å². The Labute approximate surface area is 157 Å². The fraction of sp³-hybridized carbons (Fsp3) is 0.682. The van der Waals surface area contributed by atoms with Crippen molar-refractivity contribution >= 4 is 5.97 Å². The number of carboxylic acids is 1. The Balaban J connectivity index is 1.22. The van der Waals surface area contributed by atoms with Gasteiger partial charge < -0.3 is 15.3 Å². The second-order valence-corrected chi connectivity index (χ2v) is 9.27. The highest BCUT2D eigenvalue weighted by Crippen LogP contribution is 2.44. The maximum Gasteiger partial charge on any atom is 0.310 e. The topological polar surface area (TPSA) is 52.6 Å². The van der Waals surface area contributed by atoms with Crippen molar-refractivity contribution in [2.24, 2.45) is 10.8 Å². The number of nitrogens with zero attached hydrogens (tertiary/aromatic N) is 1. The van der Waals surface area contributed by atoms with E-state index in [1.165, 1.54) is 24.8 Å². The average molecular weight is 357 g/mol. The van der Waals surface area contributed by atoms with Crippen LogP contribution in [0.5, 0.6) is 0 Å². The van der Waals surface area contributed by atoms with E-state index >= 15 is 0 Å². The van der Waals surface area contributed by atoms with Crippen molar-refractivity contribution in [3.05, 3.63) is 35.9 Å². The first kappa shape index (κ1) is 18.0. The Hall–Kier alpha value is -1.39. The van der Waals surface area contributed by atoms with E-state index in [4.69, 9.17) is 0 Å². The summed E-state index contributed by atoms with van der Waals surface area (Å²) in [6, 6.07) is 11.5. The van der Waals surface area contributed by atoms with Crippen molar-refractivity contribution in [1.82, 2.24) is 10.2 Å². The molecule has 0 spiro atoms. The molecular weight excluding hydrogens is 324 g/mol. The van der Waals surface area contributed by atoms with E-state index in [1.54, 1.807) is 0 Å². The summed E-state index contributed by atoms with van der Waals surface area (Å²) in [7, 11) is 0. The second-order valence-electron chi connectivity index (χ2n) is 9.27. The predicted octanol–water partition coefficient (Wildman–Crippen LogP) is 3.49. The molecule has 0 amide bonds. The minimum atomic E-state index is -0.584. The zero-order chi connectivity index (χ0) is 18.2. The summed E-state index contributed by atoms with van der Waals surface area (Å²) in [4.78, 5) is 14.0. The van der Waals surface area contributed by atoms with E-state index in [0.29, 0.717) is 17.4 Å². The van der Waals surface area contributed by atoms with Crippen LogP contribution < -0.4 is 5.32 Å². The van der Waals surface area contributed by atoms with Crippen LogP contribution in [0.25, 0.3) is 0 Å². The number of hydrogen-bond acceptors (Lipinski definition) is 3. The third-order valence-electron chi connectivity index (χ3n) is 7.16. The molecule has 2 aliphatic carbocycles. The molecule has 1 aliphatic heterocycles. The third-order valence-corrected chi connectivity index (χ3v) is 7.16. The molecule has 4 nitrogen and oxygen atoms in total. The summed E-state index contributed by atoms with van der Waals surface area (Å²) in [5, 5.41) is 13.4. The van der Waals surface area contributed by atoms with Crippen LogP contribution in [0.4, 0.5) is 0 Å². The lowest BCUT2D eigenvalue weighted by atomic mass is 9.68. The molecule has 1 aromatic carbocycles. The Kier molecular flexibility index (Phi) is 4.83. The van der Waals surface area contributed by atoms with Crippen LogP contribution in [0.1, 0.15) is 56.9 Å². The van der Waals surface area contributed by atoms with Crippen LogP contribution in [0, 0.1) is 10.8 Å². The maximum atomic E-state index is 11.6. The first-order valence-electron chi connectivity index (χ1n) is 10.2. The lowest BCUT2D eigenvalue weighted by Crippen LogP contribution is -2.51. The average Bonchev–Trinajstić information content (AvgIpc) is 3.39. The number of aliphatic carboxylic acids is 1. The highest BCUT2D eigenvalue weighted by Gasteiger charge is 2.46. The molecule has 26 heavy (non-hydrogen) atoms. The largest absolute Gasteiger partial charge is 0.481 e. The van der Waals surface area contributed by atoms with Gasteiger partial charge in [0.15, 0.2) is 0 Å². The lowest BCUT2D eigenvalue weighted by Gasteiger charge is -2.45. The van der Waals surface area contributed by atoms with E-state index in [9.17, 15) is 9.90 Å². The molecule has 0 bridgehead atoms. The van der Waals surface area contributed by atoms with E-state index < -0.39 is 11.4 Å². The smallest absolute Gasteiger partial charge is 0.310 e. The first-order chi connectivity index (χ1) is 12.5. The van der Waals surface area contributed by atoms with Crippen LogP contribution in [0.3, 0.4) is 0 Å². The Morgan fingerprint density at radius 3 is 2.46 bits per heavy atom. The Bertz CT molecular complexity index is 633. The SMILES string of the molecule is CC1(CN[C@@H]2C[C@H]2c2ccccc2)CCN(CC2(C(=O)O)CCC2)CC1. The summed E-state index contributed by atoms with van der Waals surface area (Å²) >= 11 is 0. The van der Waals surface area contributed by atoms with Crippen molar-refractivity contribution in [1.29, 1.82) is 0 Å². The summed E-state index contributed by atoms with van der Waals surface area (Å²) in [6.45, 7) is 6.32. The van der Waals surface area contributed by atoms with Crippen molar-refractivity contribution in [3.63, 3.8) is 0 Å². The van der Waals surface area contributed by atoms with E-state index in [0.717, 1.165) is 45.4 Å². The van der Waals surface area contributed by atoms with Crippen LogP contribution >= 0.6 is 0 Å². The number of carboxylic acid groups (broad SMARTS) is 1. The molecule has 1 aromatic rings. The van der Waals surface area contributed by atoms with Crippen LogP contribution in [0.15, 0.2) is 30.3 Å². The van der Waals surface area contributed by atoms with Gasteiger partial charge in [0.25, 0.3) is 0 Å². The Morgan fingerprint density at radius 2 is 1.88 bits per heavy atom. The number of nitrogens with one attached hydrogen (secondary N) is 1. The summed E-state index contributed by atoms with van der Waals surface area (Å²) in [6.07, 6.45) is 6.39. The van der Waals surface area contributed by atoms with Gasteiger partial charge in [-0.3, -0.25) is 4.79 Å². The van der Waals surface area contributed by atoms with Gasteiger partial charge in [-0.15, -0.1) is 0 Å². The van der Waals surface area contributed by atoms with Gasteiger partial charge in [0.2, 0.25) is 0 Å². The first-order valence-corrected chi connectivity index (χ1v) is 10.2. The molecule has 0 unspecified atom stereocenters. The van der Waals surface area contributed by atoms with Crippen molar-refractivity contribution < 1.29 is 9.90 Å². The molecule has 0 aromatic heterocycles. The highest BCUT2D eigenvalue weighted by atomic mass is 16.4. The van der Waals surface area contributed by atoms with Gasteiger partial charge in [-0.1, -0.05) is 43.7 Å². The monoisotopic (exact) mass is 356 g/mol. The number of likely N-dealkylation sites (tertiary alicyclic amines) is 1. The predicted molar refractivity (Wildman–Crippen MR) is 103 cm³/mol. The van der Waals surface area contributed by atoms with Crippen molar-refractivity contribution in [2.45, 2.75) is 57.4 Å². The van der Waals surface area contributed by atoms with Crippen LogP contribution in [0.2, 0.25) is 0 Å². The molecule has 2 atom stereocenters. The molecule has 3 aliphatic rings. The zero-order valence-corrected chi connectivity index (χ0v) is 15.9. The lowest BCUT2D eigenvalue weighted by molar-refractivity contribution is -0.156. The molecule has 4 rings (SSSR count). The molecule has 0 radical (unpaired) electrons. The molecule has 142 valence electrons. The van der Waals surface area contributed by atoms with E-state index in [1.807, 2.05) is 0 Å². The minimum Gasteiger partial charge on any atom is -0.481 e. The summed E-state index contributed by atoms with van der Waals surface area (Å²) in [5.74, 6) is 0.105. The highest BCUT2D eigenvalue weighted by molar-refractivity contribution is 5.76. The van der Waals surface area contributed by atoms with Crippen LogP contribution in [-0.4, -0.2) is 48.2 Å². The number of piperidine rings is 1. The van der Waals surface area contributed by atoms with Gasteiger partial charge >= 0.3 is 5.97 Å². The zero-order valence-electron chi connectivity index (χ0n) is 15.9. The van der Waals surface area contributed by atoms with Gasteiger partial charge in [-0.05, 0) is 56.2 Å². The van der Waals surface area contributed by atoms with Gasteiger partial charge in [0.1, 0.15) is 0 Å². The molecule has 2 N–H and O–H groups in total. The van der Waals surface area contributed by atoms with Crippen molar-refractivity contribution in [2.75, 3.05) is 26.2 Å². The molecule has 1 heterocycles. The summed E-state index contributed by atoms with van der Waals surface area (Å²) in [5.41, 5.74) is 1.36. The number of hydrogen-bond donors (Lipinski definition) is 2. The maximum absolute atomic E-state index is 11.6. The van der Waals surface area contributed by atoms with Gasteiger partial charge in [-0.25, -0.2) is 0 Å². The Morgan fingerprint density at radius 1 is 1.19 bits per heavy atom. The molecular formula is C22H32N2O2. The molecule has 3 fully saturated rings. The minimum absolute atomic E-state index is 0.344. The van der Waals surface area contributed by atoms with E-state index in [-0.39, 0.29) is 0 Å². The number of carbonyl (C=O) groups is 1. The van der Waals surface area contributed by atoms with Gasteiger partial charge in [0, 0.05) is 25.0 Å². The fourth-order valence-corrected chi connectivity index (χ4v) is 4.77. The van der Waals surface area contributed by atoms with Gasteiger partial charge in [0.05, 0.1) is 5.41 Å². The quantitative estimate of drug-likeness (QED) is 0.785. The number of benzene rings is 1. The van der Waals surface area contributed by atoms with E-state index in [2.05, 4.69) is 47.5 Å². The molecule has 4 heteroatoms. The normalized spacial score (nSPS) is 29.7. The summed E-state index contributed by atoms with van der Waals surface area (Å²) < 4.78 is 0. The molecule has 2 saturated carbocycles. The van der Waals surface area contributed by atoms with Crippen molar-refractivity contribution in [3.8, 4) is 0 Å². The standard InChI is InChI=1S/C22H32N2O2/c1-21(15-23-19-14-18(19)17-6-3-2-4-7-17)10-12-24(13-11-21)16-22(20(25)26)8-5-9-22/h2-4,6-7,18-19,23H,5,8-16H2,1H3,(H,25,26)/t18-,19+/m0/s1. The molecule has 1 saturated heterocycles. The fourth-order valence-electron chi connectivity index (χ4n) is 4.77. The number of rotatable bonds is 7. The second kappa shape index (κ2) is 6.97. The third kappa shape index (κ3) is 3.67. The van der Waals surface area contributed by atoms with Gasteiger partial charge in [-0.2, -0.15) is 0 Å².